The molecule has 7 nitrogen and oxygen atoms in total. The minimum atomic E-state index is -2.07. The highest BCUT2D eigenvalue weighted by atomic mass is 28.4. The maximum absolute atomic E-state index is 12.6. The van der Waals surface area contributed by atoms with E-state index in [4.69, 9.17) is 9.16 Å². The van der Waals surface area contributed by atoms with Gasteiger partial charge >= 0.3 is 12.1 Å². The van der Waals surface area contributed by atoms with Crippen molar-refractivity contribution in [2.45, 2.75) is 90.3 Å². The van der Waals surface area contributed by atoms with Gasteiger partial charge < -0.3 is 13.9 Å². The number of Topliss-reactive ketones (excluding diaryl/α,β-unsaturated/α-hetero) is 1. The number of hydrogen-bond donors (Lipinski definition) is 0. The Bertz CT molecular complexity index is 576. The third-order valence-electron chi connectivity index (χ3n) is 5.08. The lowest BCUT2D eigenvalue weighted by Gasteiger charge is -2.38. The van der Waals surface area contributed by atoms with Gasteiger partial charge in [0.25, 0.3) is 0 Å². The van der Waals surface area contributed by atoms with E-state index in [2.05, 4.69) is 38.6 Å². The van der Waals surface area contributed by atoms with E-state index in [1.54, 1.807) is 20.8 Å². The summed E-state index contributed by atoms with van der Waals surface area (Å²) in [6.07, 6.45) is -0.827. The number of rotatable bonds is 5. The van der Waals surface area contributed by atoms with Crippen LogP contribution in [0.5, 0.6) is 0 Å². The average Bonchev–Trinajstić information content (AvgIpc) is 2.87. The topological polar surface area (TPSA) is 82.1 Å². The van der Waals surface area contributed by atoms with Gasteiger partial charge in [-0.05, 0) is 38.9 Å². The van der Waals surface area contributed by atoms with Crippen LogP contribution in [-0.4, -0.2) is 62.5 Å². The van der Waals surface area contributed by atoms with Gasteiger partial charge in [0, 0.05) is 13.0 Å². The van der Waals surface area contributed by atoms with Crippen LogP contribution >= 0.6 is 0 Å². The van der Waals surface area contributed by atoms with Crippen LogP contribution in [0.3, 0.4) is 0 Å². The van der Waals surface area contributed by atoms with Crippen molar-refractivity contribution < 1.29 is 28.3 Å². The fraction of sp³-hybridized carbons (Fsp3) is 0.842. The third kappa shape index (κ3) is 6.60. The van der Waals surface area contributed by atoms with Crippen molar-refractivity contribution in [2.24, 2.45) is 0 Å². The van der Waals surface area contributed by atoms with Gasteiger partial charge in [-0.2, -0.15) is 0 Å². The fourth-order valence-corrected chi connectivity index (χ4v) is 3.99. The van der Waals surface area contributed by atoms with Crippen LogP contribution in [-0.2, 0) is 23.5 Å². The molecule has 0 aliphatic carbocycles. The summed E-state index contributed by atoms with van der Waals surface area (Å²) in [5.74, 6) is -0.966. The number of amides is 1. The van der Waals surface area contributed by atoms with Crippen molar-refractivity contribution >= 4 is 26.2 Å². The SMILES string of the molecule is COC(=O)CC(=O)[C@@H]1C[C@@H](O[Si](C)(C)C(C)(C)C)CN1C(=O)OC(C)(C)C. The quantitative estimate of drug-likeness (QED) is 0.398. The van der Waals surface area contributed by atoms with Crippen molar-refractivity contribution in [3.8, 4) is 0 Å². The summed E-state index contributed by atoms with van der Waals surface area (Å²) in [5, 5.41) is 0.0118. The molecule has 0 spiro atoms. The minimum Gasteiger partial charge on any atom is -0.469 e. The lowest BCUT2D eigenvalue weighted by molar-refractivity contribution is -0.144. The number of likely N-dealkylation sites (tertiary alicyclic amines) is 1. The summed E-state index contributed by atoms with van der Waals surface area (Å²) in [5.41, 5.74) is -0.675. The molecule has 1 aliphatic rings. The minimum absolute atomic E-state index is 0.0118. The molecule has 1 rings (SSSR count). The molecular weight excluding hydrogens is 366 g/mol. The number of ketones is 1. The molecule has 0 radical (unpaired) electrons. The van der Waals surface area contributed by atoms with Gasteiger partial charge in [0.05, 0.1) is 19.3 Å². The molecule has 1 amide bonds. The lowest BCUT2D eigenvalue weighted by Crippen LogP contribution is -2.45. The Balaban J connectivity index is 3.00. The first kappa shape index (κ1) is 23.6. The smallest absolute Gasteiger partial charge is 0.410 e. The summed E-state index contributed by atoms with van der Waals surface area (Å²) in [6, 6.07) is -0.742. The normalized spacial score (nSPS) is 21.1. The zero-order valence-electron chi connectivity index (χ0n) is 18.2. The van der Waals surface area contributed by atoms with Gasteiger partial charge in [-0.1, -0.05) is 20.8 Å². The van der Waals surface area contributed by atoms with Crippen LogP contribution in [0.2, 0.25) is 18.1 Å². The van der Waals surface area contributed by atoms with Crippen LogP contribution in [0.25, 0.3) is 0 Å². The number of carbonyl (C=O) groups is 3. The average molecular weight is 402 g/mol. The van der Waals surface area contributed by atoms with Gasteiger partial charge in [0.15, 0.2) is 14.1 Å². The predicted octanol–water partition coefficient (Wildman–Crippen LogP) is 3.52. The van der Waals surface area contributed by atoms with Crippen molar-refractivity contribution in [1.29, 1.82) is 0 Å². The van der Waals surface area contributed by atoms with E-state index < -0.39 is 32.0 Å². The molecule has 0 aromatic rings. The Labute approximate surface area is 163 Å². The Kier molecular flexibility index (Phi) is 7.27. The molecule has 1 aliphatic heterocycles. The van der Waals surface area contributed by atoms with Crippen molar-refractivity contribution in [3.05, 3.63) is 0 Å². The molecule has 27 heavy (non-hydrogen) atoms. The molecule has 0 N–H and O–H groups in total. The molecule has 0 aromatic heterocycles. The maximum Gasteiger partial charge on any atom is 0.410 e. The van der Waals surface area contributed by atoms with Crippen LogP contribution in [0.4, 0.5) is 4.79 Å². The van der Waals surface area contributed by atoms with Crippen molar-refractivity contribution in [1.82, 2.24) is 4.90 Å². The van der Waals surface area contributed by atoms with Crippen LogP contribution in [0.15, 0.2) is 0 Å². The molecule has 156 valence electrons. The standard InChI is InChI=1S/C19H35NO6Si/c1-18(2,3)25-17(23)20-12-13(26-27(8,9)19(4,5)6)10-14(20)15(21)11-16(22)24-7/h13-14H,10-12H2,1-9H3/t13-,14+/m1/s1. The van der Waals surface area contributed by atoms with Gasteiger partial charge in [0.1, 0.15) is 12.0 Å². The first-order valence-electron chi connectivity index (χ1n) is 9.34. The molecule has 1 heterocycles. The second kappa shape index (κ2) is 8.30. The zero-order chi connectivity index (χ0) is 21.2. The molecule has 0 saturated carbocycles. The summed E-state index contributed by atoms with van der Waals surface area (Å²) in [6.45, 7) is 16.3. The van der Waals surface area contributed by atoms with Crippen LogP contribution in [0.1, 0.15) is 54.4 Å². The van der Waals surface area contributed by atoms with E-state index in [9.17, 15) is 14.4 Å². The number of carbonyl (C=O) groups excluding carboxylic acids is 3. The third-order valence-corrected chi connectivity index (χ3v) is 9.61. The molecule has 1 fully saturated rings. The number of nitrogens with zero attached hydrogens (tertiary/aromatic N) is 1. The summed E-state index contributed by atoms with van der Waals surface area (Å²) >= 11 is 0. The van der Waals surface area contributed by atoms with E-state index in [0.29, 0.717) is 6.42 Å². The monoisotopic (exact) mass is 401 g/mol. The molecule has 8 heteroatoms. The summed E-state index contributed by atoms with van der Waals surface area (Å²) in [7, 11) is -0.831. The second-order valence-electron chi connectivity index (χ2n) is 9.60. The molecular formula is C19H35NO6Si. The van der Waals surface area contributed by atoms with Gasteiger partial charge in [-0.25, -0.2) is 4.79 Å². The van der Waals surface area contributed by atoms with Crippen LogP contribution in [0, 0.1) is 0 Å². The number of esters is 1. The molecule has 1 saturated heterocycles. The van der Waals surface area contributed by atoms with Gasteiger partial charge in [-0.15, -0.1) is 0 Å². The number of ether oxygens (including phenoxy) is 2. The van der Waals surface area contributed by atoms with Gasteiger partial charge in [-0.3, -0.25) is 14.5 Å². The lowest BCUT2D eigenvalue weighted by atomic mass is 10.1. The summed E-state index contributed by atoms with van der Waals surface area (Å²) < 4.78 is 16.4. The highest BCUT2D eigenvalue weighted by Gasteiger charge is 2.46. The largest absolute Gasteiger partial charge is 0.469 e. The first-order chi connectivity index (χ1) is 12.1. The highest BCUT2D eigenvalue weighted by molar-refractivity contribution is 6.74. The highest BCUT2D eigenvalue weighted by Crippen LogP contribution is 2.39. The van der Waals surface area contributed by atoms with Crippen LogP contribution < -0.4 is 0 Å². The predicted molar refractivity (Wildman–Crippen MR) is 105 cm³/mol. The number of hydrogen-bond acceptors (Lipinski definition) is 6. The Morgan fingerprint density at radius 3 is 2.07 bits per heavy atom. The maximum atomic E-state index is 12.6. The van der Waals surface area contributed by atoms with E-state index in [1.807, 2.05) is 0 Å². The summed E-state index contributed by atoms with van der Waals surface area (Å²) in [4.78, 5) is 38.2. The Hall–Kier alpha value is -1.41. The zero-order valence-corrected chi connectivity index (χ0v) is 19.2. The molecule has 0 unspecified atom stereocenters. The fourth-order valence-electron chi connectivity index (χ4n) is 2.64. The van der Waals surface area contributed by atoms with E-state index in [0.717, 1.165) is 0 Å². The van der Waals surface area contributed by atoms with Crippen molar-refractivity contribution in [3.63, 3.8) is 0 Å². The second-order valence-corrected chi connectivity index (χ2v) is 14.4. The Morgan fingerprint density at radius 1 is 1.07 bits per heavy atom. The van der Waals surface area contributed by atoms with E-state index in [1.165, 1.54) is 12.0 Å². The Morgan fingerprint density at radius 2 is 1.63 bits per heavy atom. The van der Waals surface area contributed by atoms with E-state index in [-0.39, 0.29) is 29.9 Å². The molecule has 2 atom stereocenters. The number of methoxy groups -OCH3 is 1. The first-order valence-corrected chi connectivity index (χ1v) is 12.2. The van der Waals surface area contributed by atoms with Crippen molar-refractivity contribution in [2.75, 3.05) is 13.7 Å². The van der Waals surface area contributed by atoms with E-state index >= 15 is 0 Å². The van der Waals surface area contributed by atoms with Gasteiger partial charge in [0.2, 0.25) is 0 Å². The molecule has 0 bridgehead atoms. The molecule has 0 aromatic carbocycles.